The average Bonchev–Trinajstić information content (AvgIpc) is 2.26. The summed E-state index contributed by atoms with van der Waals surface area (Å²) < 4.78 is 0. The summed E-state index contributed by atoms with van der Waals surface area (Å²) in [4.78, 5) is 17.7. The zero-order chi connectivity index (χ0) is 13.3. The number of anilines is 1. The van der Waals surface area contributed by atoms with Gasteiger partial charge >= 0.3 is 5.97 Å². The van der Waals surface area contributed by atoms with Gasteiger partial charge in [0.1, 0.15) is 5.82 Å². The predicted molar refractivity (Wildman–Crippen MR) is 71.2 cm³/mol. The fourth-order valence-electron chi connectivity index (χ4n) is 2.56. The van der Waals surface area contributed by atoms with Crippen molar-refractivity contribution in [3.05, 3.63) is 23.4 Å². The molecule has 1 aliphatic rings. The van der Waals surface area contributed by atoms with Gasteiger partial charge in [-0.2, -0.15) is 0 Å². The van der Waals surface area contributed by atoms with E-state index >= 15 is 0 Å². The smallest absolute Gasteiger partial charge is 0.335 e. The Hall–Kier alpha value is -1.58. The Kier molecular flexibility index (Phi) is 3.28. The minimum Gasteiger partial charge on any atom is -0.478 e. The van der Waals surface area contributed by atoms with Gasteiger partial charge in [-0.25, -0.2) is 9.78 Å². The molecule has 98 valence electrons. The SMILES string of the molecule is Cc1cc(C(=O)O)cc(N2CCCC(C)(C)C2)n1. The molecule has 1 aliphatic heterocycles. The summed E-state index contributed by atoms with van der Waals surface area (Å²) in [5.41, 5.74) is 1.35. The standard InChI is InChI=1S/C14H20N2O2/c1-10-7-11(13(17)18)8-12(15-10)16-6-4-5-14(2,3)9-16/h7-8H,4-6,9H2,1-3H3,(H,17,18). The summed E-state index contributed by atoms with van der Waals surface area (Å²) >= 11 is 0. The number of hydrogen-bond acceptors (Lipinski definition) is 3. The van der Waals surface area contributed by atoms with E-state index in [2.05, 4.69) is 23.7 Å². The van der Waals surface area contributed by atoms with Crippen LogP contribution in [0.2, 0.25) is 0 Å². The molecule has 4 heteroatoms. The molecule has 0 spiro atoms. The van der Waals surface area contributed by atoms with Crippen molar-refractivity contribution >= 4 is 11.8 Å². The monoisotopic (exact) mass is 248 g/mol. The average molecular weight is 248 g/mol. The van der Waals surface area contributed by atoms with E-state index in [1.807, 2.05) is 6.92 Å². The molecule has 18 heavy (non-hydrogen) atoms. The first-order valence-electron chi connectivity index (χ1n) is 6.34. The molecule has 1 N–H and O–H groups in total. The first kappa shape index (κ1) is 12.9. The first-order valence-corrected chi connectivity index (χ1v) is 6.34. The Bertz CT molecular complexity index is 469. The molecule has 1 aromatic rings. The van der Waals surface area contributed by atoms with Crippen molar-refractivity contribution in [2.24, 2.45) is 5.41 Å². The van der Waals surface area contributed by atoms with E-state index in [-0.39, 0.29) is 5.41 Å². The molecule has 0 amide bonds. The normalized spacial score (nSPS) is 18.7. The number of aromatic nitrogens is 1. The summed E-state index contributed by atoms with van der Waals surface area (Å²) in [6.45, 7) is 8.21. The number of carboxylic acids is 1. The number of pyridine rings is 1. The van der Waals surface area contributed by atoms with E-state index in [0.717, 1.165) is 31.0 Å². The molecule has 0 saturated carbocycles. The Morgan fingerprint density at radius 3 is 2.78 bits per heavy atom. The van der Waals surface area contributed by atoms with Gasteiger partial charge in [-0.1, -0.05) is 13.8 Å². The zero-order valence-corrected chi connectivity index (χ0v) is 11.2. The molecule has 0 atom stereocenters. The van der Waals surface area contributed by atoms with Crippen LogP contribution in [0.5, 0.6) is 0 Å². The Balaban J connectivity index is 2.30. The number of hydrogen-bond donors (Lipinski definition) is 1. The first-order chi connectivity index (χ1) is 8.37. The summed E-state index contributed by atoms with van der Waals surface area (Å²) in [6.07, 6.45) is 2.34. The van der Waals surface area contributed by atoms with E-state index in [1.54, 1.807) is 12.1 Å². The number of carbonyl (C=O) groups is 1. The van der Waals surface area contributed by atoms with Crippen LogP contribution in [0.25, 0.3) is 0 Å². The largest absolute Gasteiger partial charge is 0.478 e. The molecule has 1 fully saturated rings. The van der Waals surface area contributed by atoms with Gasteiger partial charge in [0.05, 0.1) is 5.56 Å². The lowest BCUT2D eigenvalue weighted by Gasteiger charge is -2.38. The molecule has 0 unspecified atom stereocenters. The molecule has 0 bridgehead atoms. The van der Waals surface area contributed by atoms with Crippen LogP contribution in [-0.2, 0) is 0 Å². The van der Waals surface area contributed by atoms with Gasteiger partial charge in [0.15, 0.2) is 0 Å². The zero-order valence-electron chi connectivity index (χ0n) is 11.2. The molecule has 0 radical (unpaired) electrons. The Labute approximate surface area is 108 Å². The summed E-state index contributed by atoms with van der Waals surface area (Å²) in [6, 6.07) is 3.29. The van der Waals surface area contributed by atoms with E-state index in [0.29, 0.717) is 5.56 Å². The molecular formula is C14H20N2O2. The Morgan fingerprint density at radius 2 is 2.17 bits per heavy atom. The van der Waals surface area contributed by atoms with Crippen molar-refractivity contribution in [2.45, 2.75) is 33.6 Å². The van der Waals surface area contributed by atoms with Gasteiger partial charge in [0.25, 0.3) is 0 Å². The van der Waals surface area contributed by atoms with Crippen LogP contribution in [0.4, 0.5) is 5.82 Å². The van der Waals surface area contributed by atoms with Gasteiger partial charge in [-0.15, -0.1) is 0 Å². The quantitative estimate of drug-likeness (QED) is 0.874. The number of piperidine rings is 1. The number of nitrogens with zero attached hydrogens (tertiary/aromatic N) is 2. The number of aromatic carboxylic acids is 1. The minimum absolute atomic E-state index is 0.271. The minimum atomic E-state index is -0.891. The van der Waals surface area contributed by atoms with E-state index in [9.17, 15) is 4.79 Å². The van der Waals surface area contributed by atoms with Crippen molar-refractivity contribution < 1.29 is 9.90 Å². The van der Waals surface area contributed by atoms with Crippen LogP contribution in [0.15, 0.2) is 12.1 Å². The highest BCUT2D eigenvalue weighted by atomic mass is 16.4. The highest BCUT2D eigenvalue weighted by Crippen LogP contribution is 2.31. The van der Waals surface area contributed by atoms with Crippen molar-refractivity contribution in [2.75, 3.05) is 18.0 Å². The molecule has 1 saturated heterocycles. The second-order valence-corrected chi connectivity index (χ2v) is 5.85. The lowest BCUT2D eigenvalue weighted by molar-refractivity contribution is 0.0696. The highest BCUT2D eigenvalue weighted by molar-refractivity contribution is 5.88. The molecular weight excluding hydrogens is 228 g/mol. The maximum absolute atomic E-state index is 11.1. The van der Waals surface area contributed by atoms with Crippen molar-refractivity contribution in [3.63, 3.8) is 0 Å². The van der Waals surface area contributed by atoms with Crippen molar-refractivity contribution in [1.82, 2.24) is 4.98 Å². The topological polar surface area (TPSA) is 53.4 Å². The third-order valence-corrected chi connectivity index (χ3v) is 3.41. The fraction of sp³-hybridized carbons (Fsp3) is 0.571. The molecule has 1 aromatic heterocycles. The number of carboxylic acid groups (broad SMARTS) is 1. The second-order valence-electron chi connectivity index (χ2n) is 5.85. The van der Waals surface area contributed by atoms with Gasteiger partial charge in [-0.05, 0) is 37.3 Å². The van der Waals surface area contributed by atoms with Gasteiger partial charge < -0.3 is 10.0 Å². The van der Waals surface area contributed by atoms with E-state index < -0.39 is 5.97 Å². The molecule has 0 aliphatic carbocycles. The number of aryl methyl sites for hydroxylation is 1. The van der Waals surface area contributed by atoms with Crippen LogP contribution in [0.1, 0.15) is 42.7 Å². The third kappa shape index (κ3) is 2.81. The maximum Gasteiger partial charge on any atom is 0.335 e. The summed E-state index contributed by atoms with van der Waals surface area (Å²) in [5.74, 6) is -0.0989. The molecule has 2 heterocycles. The lowest BCUT2D eigenvalue weighted by Crippen LogP contribution is -2.40. The van der Waals surface area contributed by atoms with E-state index in [1.165, 1.54) is 6.42 Å². The van der Waals surface area contributed by atoms with Gasteiger partial charge in [0.2, 0.25) is 0 Å². The summed E-state index contributed by atoms with van der Waals surface area (Å²) in [5, 5.41) is 9.09. The van der Waals surface area contributed by atoms with Crippen LogP contribution in [-0.4, -0.2) is 29.1 Å². The summed E-state index contributed by atoms with van der Waals surface area (Å²) in [7, 11) is 0. The van der Waals surface area contributed by atoms with E-state index in [4.69, 9.17) is 5.11 Å². The van der Waals surface area contributed by atoms with Crippen LogP contribution in [0.3, 0.4) is 0 Å². The second kappa shape index (κ2) is 4.59. The van der Waals surface area contributed by atoms with Crippen LogP contribution >= 0.6 is 0 Å². The Morgan fingerprint density at radius 1 is 1.44 bits per heavy atom. The molecule has 2 rings (SSSR count). The number of rotatable bonds is 2. The van der Waals surface area contributed by atoms with Crippen molar-refractivity contribution in [3.8, 4) is 0 Å². The van der Waals surface area contributed by atoms with Crippen molar-refractivity contribution in [1.29, 1.82) is 0 Å². The van der Waals surface area contributed by atoms with Crippen LogP contribution < -0.4 is 4.90 Å². The third-order valence-electron chi connectivity index (χ3n) is 3.41. The maximum atomic E-state index is 11.1. The van der Waals surface area contributed by atoms with Gasteiger partial charge in [-0.3, -0.25) is 0 Å². The molecule has 0 aromatic carbocycles. The predicted octanol–water partition coefficient (Wildman–Crippen LogP) is 2.71. The lowest BCUT2D eigenvalue weighted by atomic mass is 9.84. The van der Waals surface area contributed by atoms with Crippen LogP contribution in [0, 0.1) is 12.3 Å². The fourth-order valence-corrected chi connectivity index (χ4v) is 2.56. The highest BCUT2D eigenvalue weighted by Gasteiger charge is 2.27. The van der Waals surface area contributed by atoms with Gasteiger partial charge in [0, 0.05) is 18.8 Å². The molecule has 4 nitrogen and oxygen atoms in total.